The standard InChI is InChI=1S/C11H19NO4.Y/c1-5-11(6-2,16-4)10(15)12(7-3)8-9(13)14;/h7-8H,5-6H2,1-4H3,(H,13,14);/q-2;. The smallest absolute Gasteiger partial charge is 0.201 e. The average Bonchev–Trinajstić information content (AvgIpc) is 2.28. The van der Waals surface area contributed by atoms with Crippen molar-refractivity contribution in [2.45, 2.75) is 39.2 Å². The Balaban J connectivity index is 0. The number of methoxy groups -OCH3 is 1. The summed E-state index contributed by atoms with van der Waals surface area (Å²) in [5.74, 6) is -1.52. The van der Waals surface area contributed by atoms with Gasteiger partial charge in [0.15, 0.2) is 5.97 Å². The van der Waals surface area contributed by atoms with Gasteiger partial charge in [0.2, 0.25) is 5.91 Å². The molecule has 17 heavy (non-hydrogen) atoms. The second-order valence-corrected chi connectivity index (χ2v) is 3.34. The van der Waals surface area contributed by atoms with Crippen molar-refractivity contribution in [1.29, 1.82) is 0 Å². The van der Waals surface area contributed by atoms with Gasteiger partial charge in [0.25, 0.3) is 0 Å². The van der Waals surface area contributed by atoms with Crippen molar-refractivity contribution in [3.8, 4) is 0 Å². The van der Waals surface area contributed by atoms with Gasteiger partial charge in [0.1, 0.15) is 5.60 Å². The first kappa shape index (κ1) is 19.2. The Labute approximate surface area is 128 Å². The van der Waals surface area contributed by atoms with E-state index in [1.165, 1.54) is 13.7 Å². The molecule has 0 heterocycles. The summed E-state index contributed by atoms with van der Waals surface area (Å²) in [4.78, 5) is 23.7. The van der Waals surface area contributed by atoms with Crippen LogP contribution < -0.4 is 0 Å². The first-order chi connectivity index (χ1) is 7.47. The van der Waals surface area contributed by atoms with Crippen LogP contribution in [0.3, 0.4) is 0 Å². The number of ether oxygens (including phenoxy) is 1. The number of carbonyl (C=O) groups is 2. The number of amides is 1. The van der Waals surface area contributed by atoms with Gasteiger partial charge in [-0.15, -0.1) is 0 Å². The van der Waals surface area contributed by atoms with E-state index in [9.17, 15) is 9.59 Å². The maximum absolute atomic E-state index is 12.1. The van der Waals surface area contributed by atoms with Gasteiger partial charge in [-0.25, -0.2) is 6.54 Å². The minimum Gasteiger partial charge on any atom is -0.611 e. The van der Waals surface area contributed by atoms with Gasteiger partial charge in [0, 0.05) is 39.8 Å². The van der Waals surface area contributed by atoms with E-state index in [2.05, 4.69) is 0 Å². The van der Waals surface area contributed by atoms with Crippen molar-refractivity contribution >= 4 is 11.9 Å². The molecule has 1 amide bonds. The molecule has 0 saturated carbocycles. The number of rotatable bonds is 7. The number of carboxylic acids is 1. The van der Waals surface area contributed by atoms with Crippen LogP contribution in [0.15, 0.2) is 0 Å². The fraction of sp³-hybridized carbons (Fsp3) is 0.636. The second-order valence-electron chi connectivity index (χ2n) is 3.34. The summed E-state index contributed by atoms with van der Waals surface area (Å²) in [6, 6.07) is 0. The molecule has 0 atom stereocenters. The third-order valence-corrected chi connectivity index (χ3v) is 2.68. The van der Waals surface area contributed by atoms with E-state index in [-0.39, 0.29) is 38.6 Å². The molecule has 0 aliphatic heterocycles. The summed E-state index contributed by atoms with van der Waals surface area (Å²) in [5.41, 5.74) is -0.946. The van der Waals surface area contributed by atoms with E-state index in [0.29, 0.717) is 12.8 Å². The van der Waals surface area contributed by atoms with Gasteiger partial charge in [-0.05, 0) is 12.8 Å². The average molecular weight is 318 g/mol. The molecule has 0 rings (SSSR count). The van der Waals surface area contributed by atoms with E-state index in [1.54, 1.807) is 6.92 Å². The Morgan fingerprint density at radius 3 is 2.06 bits per heavy atom. The van der Waals surface area contributed by atoms with Crippen LogP contribution in [0.25, 0.3) is 0 Å². The number of hydrogen-bond donors (Lipinski definition) is 1. The Hall–Kier alpha value is -0.126. The monoisotopic (exact) mass is 318 g/mol. The van der Waals surface area contributed by atoms with Crippen LogP contribution in [0.5, 0.6) is 0 Å². The first-order valence-electron chi connectivity index (χ1n) is 5.22. The molecule has 1 N–H and O–H groups in total. The largest absolute Gasteiger partial charge is 0.611 e. The SMILES string of the molecule is C[CH-]N([CH-]C(=O)O)C(=O)C(CC)(CC)OC.[Y]. The third kappa shape index (κ3) is 4.94. The molecule has 0 aromatic rings. The van der Waals surface area contributed by atoms with E-state index >= 15 is 0 Å². The van der Waals surface area contributed by atoms with Crippen molar-refractivity contribution in [3.05, 3.63) is 13.1 Å². The Kier molecular flexibility index (Phi) is 10.1. The van der Waals surface area contributed by atoms with Crippen molar-refractivity contribution in [1.82, 2.24) is 4.90 Å². The second kappa shape index (κ2) is 8.89. The number of carboxylic acid groups (broad SMARTS) is 1. The topological polar surface area (TPSA) is 66.8 Å². The van der Waals surface area contributed by atoms with E-state index in [0.717, 1.165) is 11.4 Å². The van der Waals surface area contributed by atoms with Gasteiger partial charge in [0.05, 0.1) is 0 Å². The minimum absolute atomic E-state index is 0. The summed E-state index contributed by atoms with van der Waals surface area (Å²) < 4.78 is 5.24. The van der Waals surface area contributed by atoms with Crippen LogP contribution in [0.1, 0.15) is 33.6 Å². The molecule has 97 valence electrons. The molecular weight excluding hydrogens is 299 g/mol. The molecule has 0 fully saturated rings. The van der Waals surface area contributed by atoms with E-state index < -0.39 is 11.6 Å². The number of carbonyl (C=O) groups excluding carboxylic acids is 1. The molecule has 0 bridgehead atoms. The van der Waals surface area contributed by atoms with Crippen LogP contribution in [0, 0.1) is 13.1 Å². The fourth-order valence-electron chi connectivity index (χ4n) is 1.53. The van der Waals surface area contributed by atoms with Crippen LogP contribution in [-0.2, 0) is 47.0 Å². The Bertz CT molecular complexity index is 246. The van der Waals surface area contributed by atoms with Gasteiger partial charge < -0.3 is 14.7 Å². The van der Waals surface area contributed by atoms with Gasteiger partial charge in [-0.2, -0.15) is 6.92 Å². The van der Waals surface area contributed by atoms with Crippen molar-refractivity contribution in [3.63, 3.8) is 0 Å². The number of hydrogen-bond acceptors (Lipinski definition) is 3. The molecule has 0 saturated heterocycles. The fourth-order valence-corrected chi connectivity index (χ4v) is 1.53. The zero-order valence-corrected chi connectivity index (χ0v) is 13.6. The van der Waals surface area contributed by atoms with E-state index in [4.69, 9.17) is 9.84 Å². The van der Waals surface area contributed by atoms with Crippen LogP contribution in [0.2, 0.25) is 0 Å². The zero-order chi connectivity index (χ0) is 12.8. The first-order valence-corrected chi connectivity index (χ1v) is 5.22. The van der Waals surface area contributed by atoms with Gasteiger partial charge >= 0.3 is 0 Å². The molecule has 0 aliphatic carbocycles. The Morgan fingerprint density at radius 2 is 1.82 bits per heavy atom. The maximum atomic E-state index is 12.1. The number of nitrogens with zero attached hydrogens (tertiary/aromatic N) is 1. The summed E-state index contributed by atoms with van der Waals surface area (Å²) in [6.07, 6.45) is 0.993. The normalized spacial score (nSPS) is 10.4. The van der Waals surface area contributed by atoms with E-state index in [1.807, 2.05) is 13.8 Å². The molecule has 1 radical (unpaired) electrons. The summed E-state index contributed by atoms with van der Waals surface area (Å²) in [5, 5.41) is 8.64. The predicted molar refractivity (Wildman–Crippen MR) is 59.1 cm³/mol. The molecule has 0 aromatic carbocycles. The molecule has 0 aliphatic rings. The third-order valence-electron chi connectivity index (χ3n) is 2.68. The molecule has 6 heteroatoms. The predicted octanol–water partition coefficient (Wildman–Crippen LogP) is 1.45. The van der Waals surface area contributed by atoms with Gasteiger partial charge in [-0.3, -0.25) is 16.1 Å². The summed E-state index contributed by atoms with van der Waals surface area (Å²) in [6.45, 7) is 7.51. The molecular formula is C11H19NO4Y-2. The van der Waals surface area contributed by atoms with Crippen molar-refractivity contribution < 1.29 is 52.1 Å². The number of aliphatic carboxylic acids is 1. The van der Waals surface area contributed by atoms with Gasteiger partial charge in [-0.1, -0.05) is 13.8 Å². The summed E-state index contributed by atoms with van der Waals surface area (Å²) in [7, 11) is 1.46. The molecule has 5 nitrogen and oxygen atoms in total. The summed E-state index contributed by atoms with van der Waals surface area (Å²) >= 11 is 0. The molecule has 0 unspecified atom stereocenters. The van der Waals surface area contributed by atoms with Crippen molar-refractivity contribution in [2.75, 3.05) is 7.11 Å². The quantitative estimate of drug-likeness (QED) is 0.722. The van der Waals surface area contributed by atoms with Crippen LogP contribution >= 0.6 is 0 Å². The zero-order valence-electron chi connectivity index (χ0n) is 10.8. The molecule has 0 spiro atoms. The molecule has 0 aromatic heterocycles. The van der Waals surface area contributed by atoms with Crippen LogP contribution in [-0.4, -0.2) is 34.6 Å². The van der Waals surface area contributed by atoms with Crippen molar-refractivity contribution in [2.24, 2.45) is 0 Å². The maximum Gasteiger partial charge on any atom is 0.201 e. The Morgan fingerprint density at radius 1 is 1.35 bits per heavy atom. The minimum atomic E-state index is -1.16. The van der Waals surface area contributed by atoms with Crippen LogP contribution in [0.4, 0.5) is 0 Å².